The van der Waals surface area contributed by atoms with E-state index in [1.165, 1.54) is 41.9 Å². The molecular weight excluding hydrogens is 774 g/mol. The zero-order chi connectivity index (χ0) is 42.1. The molecule has 1 aliphatic rings. The molecule has 59 heavy (non-hydrogen) atoms. The molecule has 2 N–H and O–H groups in total. The first-order valence-electron chi connectivity index (χ1n) is 18.5. The number of Topliss-reactive ketones (excluding diaryl/α,β-unsaturated/α-hetero) is 1. The molecule has 0 bridgehead atoms. The second-order valence-corrected chi connectivity index (χ2v) is 13.4. The van der Waals surface area contributed by atoms with Crippen molar-refractivity contribution in [3.8, 4) is 17.1 Å². The molecule has 0 atom stereocenters. The number of hydrogen-bond acceptors (Lipinski definition) is 14. The van der Waals surface area contributed by atoms with Crippen LogP contribution in [0.3, 0.4) is 0 Å². The van der Waals surface area contributed by atoms with Gasteiger partial charge in [0.1, 0.15) is 29.6 Å². The summed E-state index contributed by atoms with van der Waals surface area (Å²) in [6.07, 6.45) is 3.89. The van der Waals surface area contributed by atoms with Gasteiger partial charge in [-0.2, -0.15) is 0 Å². The van der Waals surface area contributed by atoms with Crippen LogP contribution >= 0.6 is 0 Å². The number of nitro groups is 2. The van der Waals surface area contributed by atoms with Crippen molar-refractivity contribution in [1.29, 1.82) is 0 Å². The van der Waals surface area contributed by atoms with E-state index in [-0.39, 0.29) is 74.8 Å². The first-order valence-corrected chi connectivity index (χ1v) is 18.5. The zero-order valence-electron chi connectivity index (χ0n) is 32.2. The second kappa shape index (κ2) is 19.0. The van der Waals surface area contributed by atoms with E-state index in [0.717, 1.165) is 6.07 Å². The number of ketones is 1. The number of carbonyl (C=O) groups excluding carboxylic acids is 4. The number of rotatable bonds is 19. The van der Waals surface area contributed by atoms with E-state index >= 15 is 0 Å². The average molecular weight is 816 g/mol. The van der Waals surface area contributed by atoms with Gasteiger partial charge in [-0.15, -0.1) is 5.10 Å². The van der Waals surface area contributed by atoms with Crippen molar-refractivity contribution in [2.75, 3.05) is 53.1 Å². The molecule has 0 aliphatic carbocycles. The lowest BCUT2D eigenvalue weighted by molar-refractivity contribution is -0.394. The molecule has 1 saturated heterocycles. The number of benzene rings is 2. The Hall–Kier alpha value is -7.00. The summed E-state index contributed by atoms with van der Waals surface area (Å²) >= 11 is 0. The third-order valence-corrected chi connectivity index (χ3v) is 9.60. The SMILES string of the molecule is COc1ccc(-c2ccc(CNC(=O)COCCn3cc(COCCCc4ccc([N+](=O)[O-])cc4[N+](=O)[O-])nn3)o2)c2[nH]cc(C(=O)C(=O)N3CCN(C(C)=O)CC3)c12. The van der Waals surface area contributed by atoms with Crippen LogP contribution in [0.1, 0.15) is 40.7 Å². The first kappa shape index (κ1) is 41.6. The standard InChI is InChI=1S/C38H41N9O12/c1-24(48)43-11-13-44(14-12-43)38(51)37(50)30-20-40-36-29(8-10-33(56-2)35(30)36)32-9-7-28(59-32)19-39-34(49)23-58-17-15-45-21-26(41-42-45)22-57-16-3-4-25-5-6-27(46(52)53)18-31(25)47(54)55/h5-10,18,20-21,40H,3-4,11-17,19,22-23H2,1-2H3,(H,39,49). The van der Waals surface area contributed by atoms with Crippen molar-refractivity contribution in [3.05, 3.63) is 97.7 Å². The Morgan fingerprint density at radius 2 is 1.75 bits per heavy atom. The number of nitro benzene ring substituents is 2. The van der Waals surface area contributed by atoms with Gasteiger partial charge in [-0.1, -0.05) is 5.21 Å². The minimum absolute atomic E-state index is 0.0813. The summed E-state index contributed by atoms with van der Waals surface area (Å²) in [7, 11) is 1.47. The number of methoxy groups -OCH3 is 1. The normalized spacial score (nSPS) is 12.8. The van der Waals surface area contributed by atoms with Gasteiger partial charge in [0.2, 0.25) is 11.8 Å². The van der Waals surface area contributed by atoms with Crippen LogP contribution in [0.15, 0.2) is 59.3 Å². The molecule has 0 saturated carbocycles. The van der Waals surface area contributed by atoms with Crippen LogP contribution in [-0.4, -0.2) is 116 Å². The van der Waals surface area contributed by atoms with Gasteiger partial charge in [-0.05, 0) is 43.2 Å². The number of fused-ring (bicyclic) bond motifs is 1. The van der Waals surface area contributed by atoms with Crippen molar-refractivity contribution < 1.29 is 47.7 Å². The van der Waals surface area contributed by atoms with Gasteiger partial charge >= 0.3 is 0 Å². The molecule has 2 aromatic carbocycles. The molecule has 1 aliphatic heterocycles. The van der Waals surface area contributed by atoms with Gasteiger partial charge in [0.25, 0.3) is 23.1 Å². The number of H-pyrrole nitrogens is 1. The maximum atomic E-state index is 13.4. The fourth-order valence-electron chi connectivity index (χ4n) is 6.54. The Labute approximate surface area is 335 Å². The van der Waals surface area contributed by atoms with Crippen LogP contribution in [0, 0.1) is 20.2 Å². The Bertz CT molecular complexity index is 2360. The van der Waals surface area contributed by atoms with Gasteiger partial charge in [0.05, 0.1) is 72.0 Å². The van der Waals surface area contributed by atoms with E-state index in [1.54, 1.807) is 35.4 Å². The summed E-state index contributed by atoms with van der Waals surface area (Å²) in [5.74, 6) is -0.508. The predicted molar refractivity (Wildman–Crippen MR) is 206 cm³/mol. The highest BCUT2D eigenvalue weighted by atomic mass is 16.6. The largest absolute Gasteiger partial charge is 0.496 e. The van der Waals surface area contributed by atoms with Crippen LogP contribution in [0.25, 0.3) is 22.2 Å². The van der Waals surface area contributed by atoms with Crippen molar-refractivity contribution >= 4 is 45.8 Å². The molecular formula is C38H41N9O12. The summed E-state index contributed by atoms with van der Waals surface area (Å²) in [5, 5.41) is 33.5. The summed E-state index contributed by atoms with van der Waals surface area (Å²) in [6, 6.07) is 10.5. The van der Waals surface area contributed by atoms with Gasteiger partial charge in [0, 0.05) is 63.1 Å². The van der Waals surface area contributed by atoms with Crippen LogP contribution in [0.5, 0.6) is 5.75 Å². The number of hydrogen-bond donors (Lipinski definition) is 2. The van der Waals surface area contributed by atoms with Crippen molar-refractivity contribution in [2.45, 2.75) is 39.5 Å². The molecule has 0 radical (unpaired) electrons. The summed E-state index contributed by atoms with van der Waals surface area (Å²) in [6.45, 7) is 3.48. The smallest absolute Gasteiger partial charge is 0.295 e. The number of non-ortho nitro benzene ring substituents is 1. The molecule has 4 heterocycles. The Morgan fingerprint density at radius 1 is 0.966 bits per heavy atom. The third kappa shape index (κ3) is 10.1. The molecule has 6 rings (SSSR count). The van der Waals surface area contributed by atoms with Crippen molar-refractivity contribution in [3.63, 3.8) is 0 Å². The van der Waals surface area contributed by atoms with E-state index in [0.29, 0.717) is 77.5 Å². The summed E-state index contributed by atoms with van der Waals surface area (Å²) < 4.78 is 24.2. The molecule has 1 fully saturated rings. The molecule has 21 nitrogen and oxygen atoms in total. The van der Waals surface area contributed by atoms with E-state index in [9.17, 15) is 39.4 Å². The quantitative estimate of drug-likeness (QED) is 0.0399. The number of aromatic amines is 1. The molecule has 21 heteroatoms. The Balaban J connectivity index is 0.925. The van der Waals surface area contributed by atoms with Gasteiger partial charge in [-0.25, -0.2) is 4.68 Å². The highest BCUT2D eigenvalue weighted by Gasteiger charge is 2.30. The number of nitrogens with zero attached hydrogens (tertiary/aromatic N) is 7. The minimum Gasteiger partial charge on any atom is -0.496 e. The molecule has 3 aromatic heterocycles. The predicted octanol–water partition coefficient (Wildman–Crippen LogP) is 3.20. The summed E-state index contributed by atoms with van der Waals surface area (Å²) in [5.41, 5.74) is 1.57. The highest BCUT2D eigenvalue weighted by molar-refractivity contribution is 6.45. The van der Waals surface area contributed by atoms with E-state index in [2.05, 4.69) is 20.6 Å². The van der Waals surface area contributed by atoms with E-state index < -0.39 is 21.5 Å². The van der Waals surface area contributed by atoms with Crippen LogP contribution < -0.4 is 10.1 Å². The molecule has 310 valence electrons. The third-order valence-electron chi connectivity index (χ3n) is 9.60. The number of amides is 3. The number of piperazine rings is 1. The highest BCUT2D eigenvalue weighted by Crippen LogP contribution is 2.37. The van der Waals surface area contributed by atoms with Crippen molar-refractivity contribution in [2.24, 2.45) is 0 Å². The number of aryl methyl sites for hydroxylation is 1. The fraction of sp³-hybridized carbons (Fsp3) is 0.368. The van der Waals surface area contributed by atoms with E-state index in [4.69, 9.17) is 18.6 Å². The van der Waals surface area contributed by atoms with E-state index in [1.807, 2.05) is 0 Å². The molecule has 0 spiro atoms. The molecule has 0 unspecified atom stereocenters. The Kier molecular flexibility index (Phi) is 13.4. The number of aromatic nitrogens is 4. The summed E-state index contributed by atoms with van der Waals surface area (Å²) in [4.78, 5) is 77.9. The molecule has 3 amide bonds. The monoisotopic (exact) mass is 815 g/mol. The van der Waals surface area contributed by atoms with Gasteiger partial charge in [-0.3, -0.25) is 39.4 Å². The van der Waals surface area contributed by atoms with Gasteiger partial charge < -0.3 is 38.7 Å². The number of ether oxygens (including phenoxy) is 3. The number of nitrogens with one attached hydrogen (secondary N) is 2. The van der Waals surface area contributed by atoms with Crippen molar-refractivity contribution in [1.82, 2.24) is 35.1 Å². The minimum atomic E-state index is -0.699. The molecule has 5 aromatic rings. The number of furan rings is 1. The van der Waals surface area contributed by atoms with Crippen LogP contribution in [0.2, 0.25) is 0 Å². The maximum Gasteiger partial charge on any atom is 0.295 e. The topological polar surface area (TPSA) is 260 Å². The lowest BCUT2D eigenvalue weighted by Crippen LogP contribution is -2.51. The lowest BCUT2D eigenvalue weighted by atomic mass is 10.0. The Morgan fingerprint density at radius 3 is 2.47 bits per heavy atom. The number of carbonyl (C=O) groups is 4. The van der Waals surface area contributed by atoms with Crippen LogP contribution in [-0.2, 0) is 50.0 Å². The average Bonchev–Trinajstić information content (AvgIpc) is 4.01. The van der Waals surface area contributed by atoms with Crippen LogP contribution in [0.4, 0.5) is 11.4 Å². The fourth-order valence-corrected chi connectivity index (χ4v) is 6.54. The lowest BCUT2D eigenvalue weighted by Gasteiger charge is -2.33. The van der Waals surface area contributed by atoms with Gasteiger partial charge in [0.15, 0.2) is 0 Å². The zero-order valence-corrected chi connectivity index (χ0v) is 32.2. The maximum absolute atomic E-state index is 13.4. The second-order valence-electron chi connectivity index (χ2n) is 13.4. The first-order chi connectivity index (χ1) is 28.4.